The SMILES string of the molecule is COc1ccc([C@H]2/C(=C(\O)c3c(C)nn(C)c3C)C(=O)C(=O)N2CCCn2ccnc2)cc1. The van der Waals surface area contributed by atoms with Gasteiger partial charge in [-0.15, -0.1) is 0 Å². The number of carbonyl (C=O) groups is 2. The van der Waals surface area contributed by atoms with Gasteiger partial charge in [-0.2, -0.15) is 5.10 Å². The Kier molecular flexibility index (Phi) is 6.04. The number of ether oxygens (including phenoxy) is 1. The first-order chi connectivity index (χ1) is 15.8. The molecule has 9 nitrogen and oxygen atoms in total. The van der Waals surface area contributed by atoms with Crippen LogP contribution in [0.15, 0.2) is 48.6 Å². The third kappa shape index (κ3) is 4.02. The molecule has 3 heterocycles. The number of benzene rings is 1. The van der Waals surface area contributed by atoms with Gasteiger partial charge in [0, 0.05) is 38.2 Å². The van der Waals surface area contributed by atoms with Crippen LogP contribution in [0.1, 0.15) is 35.0 Å². The van der Waals surface area contributed by atoms with Crippen LogP contribution in [-0.4, -0.2) is 54.7 Å². The molecule has 1 aliphatic heterocycles. The van der Waals surface area contributed by atoms with Crippen molar-refractivity contribution in [3.05, 3.63) is 71.1 Å². The summed E-state index contributed by atoms with van der Waals surface area (Å²) in [5, 5.41) is 15.7. The van der Waals surface area contributed by atoms with Crippen LogP contribution in [-0.2, 0) is 23.2 Å². The number of rotatable bonds is 7. The molecule has 172 valence electrons. The first kappa shape index (κ1) is 22.3. The van der Waals surface area contributed by atoms with Crippen LogP contribution in [0.25, 0.3) is 5.76 Å². The molecule has 1 saturated heterocycles. The van der Waals surface area contributed by atoms with E-state index in [4.69, 9.17) is 4.74 Å². The van der Waals surface area contributed by atoms with Crippen LogP contribution in [0.3, 0.4) is 0 Å². The largest absolute Gasteiger partial charge is 0.507 e. The van der Waals surface area contributed by atoms with Crippen LogP contribution < -0.4 is 4.74 Å². The fourth-order valence-electron chi connectivity index (χ4n) is 4.34. The van der Waals surface area contributed by atoms with Crippen molar-refractivity contribution in [3.63, 3.8) is 0 Å². The minimum Gasteiger partial charge on any atom is -0.507 e. The summed E-state index contributed by atoms with van der Waals surface area (Å²) in [4.78, 5) is 31.8. The number of likely N-dealkylation sites (tertiary alicyclic amines) is 1. The summed E-state index contributed by atoms with van der Waals surface area (Å²) in [6, 6.07) is 6.48. The van der Waals surface area contributed by atoms with Gasteiger partial charge in [0.05, 0.1) is 36.3 Å². The third-order valence-corrected chi connectivity index (χ3v) is 6.09. The molecule has 0 bridgehead atoms. The minimum absolute atomic E-state index is 0.0759. The molecule has 1 aliphatic rings. The maximum absolute atomic E-state index is 13.2. The zero-order chi connectivity index (χ0) is 23.7. The average Bonchev–Trinajstić information content (AvgIpc) is 3.47. The van der Waals surface area contributed by atoms with Crippen molar-refractivity contribution in [2.45, 2.75) is 32.9 Å². The Morgan fingerprint density at radius 2 is 1.88 bits per heavy atom. The molecule has 1 amide bonds. The van der Waals surface area contributed by atoms with Gasteiger partial charge in [-0.25, -0.2) is 4.98 Å². The summed E-state index contributed by atoms with van der Waals surface area (Å²) in [5.41, 5.74) is 2.58. The topological polar surface area (TPSA) is 102 Å². The van der Waals surface area contributed by atoms with Gasteiger partial charge in [-0.1, -0.05) is 12.1 Å². The summed E-state index contributed by atoms with van der Waals surface area (Å²) in [6.45, 7) is 4.59. The summed E-state index contributed by atoms with van der Waals surface area (Å²) < 4.78 is 8.82. The van der Waals surface area contributed by atoms with E-state index in [-0.39, 0.29) is 11.3 Å². The number of hydrogen-bond donors (Lipinski definition) is 1. The Morgan fingerprint density at radius 1 is 1.15 bits per heavy atom. The predicted molar refractivity (Wildman–Crippen MR) is 122 cm³/mol. The van der Waals surface area contributed by atoms with Crippen molar-refractivity contribution in [2.75, 3.05) is 13.7 Å². The van der Waals surface area contributed by atoms with E-state index in [2.05, 4.69) is 10.1 Å². The molecule has 1 aromatic carbocycles. The molecule has 3 aromatic rings. The van der Waals surface area contributed by atoms with Crippen molar-refractivity contribution in [2.24, 2.45) is 7.05 Å². The lowest BCUT2D eigenvalue weighted by Gasteiger charge is -2.25. The van der Waals surface area contributed by atoms with Crippen LogP contribution in [0.5, 0.6) is 5.75 Å². The number of hydrogen-bond acceptors (Lipinski definition) is 6. The molecule has 33 heavy (non-hydrogen) atoms. The van der Waals surface area contributed by atoms with E-state index < -0.39 is 17.7 Å². The van der Waals surface area contributed by atoms with Gasteiger partial charge in [-0.05, 0) is 38.0 Å². The van der Waals surface area contributed by atoms with Gasteiger partial charge >= 0.3 is 0 Å². The van der Waals surface area contributed by atoms with E-state index in [1.54, 1.807) is 50.4 Å². The Bertz CT molecular complexity index is 1210. The maximum Gasteiger partial charge on any atom is 0.295 e. The second kappa shape index (κ2) is 8.93. The van der Waals surface area contributed by atoms with Crippen molar-refractivity contribution >= 4 is 17.4 Å². The summed E-state index contributed by atoms with van der Waals surface area (Å²) in [5.74, 6) is -0.857. The highest BCUT2D eigenvalue weighted by atomic mass is 16.5. The molecule has 0 spiro atoms. The molecule has 0 aliphatic carbocycles. The fourth-order valence-corrected chi connectivity index (χ4v) is 4.34. The van der Waals surface area contributed by atoms with E-state index in [1.807, 2.05) is 29.8 Å². The second-order valence-electron chi connectivity index (χ2n) is 8.09. The second-order valence-corrected chi connectivity index (χ2v) is 8.09. The predicted octanol–water partition coefficient (Wildman–Crippen LogP) is 2.75. The molecule has 0 unspecified atom stereocenters. The quantitative estimate of drug-likeness (QED) is 0.338. The Labute approximate surface area is 191 Å². The standard InChI is InChI=1S/C24H27N5O4/c1-15-19(16(2)27(3)26-15)22(30)20-21(17-6-8-18(33-4)9-7-17)29(24(32)23(20)31)12-5-11-28-13-10-25-14-28/h6-10,13-14,21,30H,5,11-12H2,1-4H3/b22-20+/t21-/m0/s1. The number of ketones is 1. The fraction of sp³-hybridized carbons (Fsp3) is 0.333. The van der Waals surface area contributed by atoms with Crippen LogP contribution in [0, 0.1) is 13.8 Å². The van der Waals surface area contributed by atoms with Crippen LogP contribution >= 0.6 is 0 Å². The normalized spacial score (nSPS) is 17.7. The Morgan fingerprint density at radius 3 is 2.45 bits per heavy atom. The zero-order valence-electron chi connectivity index (χ0n) is 19.1. The molecule has 0 saturated carbocycles. The minimum atomic E-state index is -0.710. The highest BCUT2D eigenvalue weighted by molar-refractivity contribution is 6.46. The number of aliphatic hydroxyl groups is 1. The molecule has 1 N–H and O–H groups in total. The number of Topliss-reactive ketones (excluding diaryl/α,β-unsaturated/α-hetero) is 1. The first-order valence-corrected chi connectivity index (χ1v) is 10.7. The molecule has 0 radical (unpaired) electrons. The monoisotopic (exact) mass is 449 g/mol. The maximum atomic E-state index is 13.2. The highest BCUT2D eigenvalue weighted by Gasteiger charge is 2.46. The van der Waals surface area contributed by atoms with Crippen molar-refractivity contribution < 1.29 is 19.4 Å². The Hall–Kier alpha value is -3.88. The summed E-state index contributed by atoms with van der Waals surface area (Å²) in [6.07, 6.45) is 5.88. The lowest BCUT2D eigenvalue weighted by molar-refractivity contribution is -0.139. The summed E-state index contributed by atoms with van der Waals surface area (Å²) >= 11 is 0. The molecular formula is C24H27N5O4. The lowest BCUT2D eigenvalue weighted by atomic mass is 9.94. The van der Waals surface area contributed by atoms with E-state index in [0.29, 0.717) is 42.2 Å². The third-order valence-electron chi connectivity index (χ3n) is 6.09. The van der Waals surface area contributed by atoms with Gasteiger partial charge in [-0.3, -0.25) is 14.3 Å². The van der Waals surface area contributed by atoms with E-state index >= 15 is 0 Å². The molecule has 1 atom stereocenters. The van der Waals surface area contributed by atoms with Crippen molar-refractivity contribution in [1.29, 1.82) is 0 Å². The molecule has 2 aromatic heterocycles. The number of imidazole rings is 1. The number of amides is 1. The van der Waals surface area contributed by atoms with E-state index in [1.165, 1.54) is 4.90 Å². The highest BCUT2D eigenvalue weighted by Crippen LogP contribution is 2.40. The number of aryl methyl sites for hydroxylation is 3. The molecular weight excluding hydrogens is 422 g/mol. The zero-order valence-corrected chi connectivity index (χ0v) is 19.1. The number of nitrogens with zero attached hydrogens (tertiary/aromatic N) is 5. The lowest BCUT2D eigenvalue weighted by Crippen LogP contribution is -2.31. The first-order valence-electron chi connectivity index (χ1n) is 10.7. The summed E-state index contributed by atoms with van der Waals surface area (Å²) in [7, 11) is 3.35. The molecule has 1 fully saturated rings. The van der Waals surface area contributed by atoms with Crippen LogP contribution in [0.2, 0.25) is 0 Å². The Balaban J connectivity index is 1.77. The molecule has 9 heteroatoms. The van der Waals surface area contributed by atoms with Crippen molar-refractivity contribution in [3.8, 4) is 5.75 Å². The van der Waals surface area contributed by atoms with Gasteiger partial charge in [0.2, 0.25) is 0 Å². The molecule has 4 rings (SSSR count). The van der Waals surface area contributed by atoms with Crippen molar-refractivity contribution in [1.82, 2.24) is 24.2 Å². The number of aliphatic hydroxyl groups excluding tert-OH is 1. The number of carbonyl (C=O) groups excluding carboxylic acids is 2. The van der Waals surface area contributed by atoms with Gasteiger partial charge in [0.1, 0.15) is 11.5 Å². The smallest absolute Gasteiger partial charge is 0.295 e. The van der Waals surface area contributed by atoms with Crippen LogP contribution in [0.4, 0.5) is 0 Å². The average molecular weight is 450 g/mol. The number of aromatic nitrogens is 4. The van der Waals surface area contributed by atoms with E-state index in [0.717, 1.165) is 5.56 Å². The number of methoxy groups -OCH3 is 1. The van der Waals surface area contributed by atoms with Gasteiger partial charge in [0.15, 0.2) is 0 Å². The van der Waals surface area contributed by atoms with Gasteiger partial charge < -0.3 is 19.3 Å². The van der Waals surface area contributed by atoms with E-state index in [9.17, 15) is 14.7 Å². The van der Waals surface area contributed by atoms with Gasteiger partial charge in [0.25, 0.3) is 11.7 Å².